The van der Waals surface area contributed by atoms with E-state index >= 15 is 0 Å². The second-order valence-electron chi connectivity index (χ2n) is 5.64. The Bertz CT molecular complexity index is 797. The van der Waals surface area contributed by atoms with Gasteiger partial charge in [-0.15, -0.1) is 0 Å². The number of nitro groups is 1. The van der Waals surface area contributed by atoms with Crippen molar-refractivity contribution in [1.82, 2.24) is 5.32 Å². The van der Waals surface area contributed by atoms with Crippen molar-refractivity contribution < 1.29 is 19.9 Å². The molecule has 2 aromatic carbocycles. The Morgan fingerprint density at radius 2 is 1.92 bits per heavy atom. The summed E-state index contributed by atoms with van der Waals surface area (Å²) in [6.07, 6.45) is -1.24. The number of nitrogens with one attached hydrogen (secondary N) is 2. The normalized spacial score (nSPS) is 12.9. The van der Waals surface area contributed by atoms with Crippen LogP contribution in [0.25, 0.3) is 0 Å². The largest absolute Gasteiger partial charge is 0.394 e. The van der Waals surface area contributed by atoms with E-state index in [9.17, 15) is 25.1 Å². The van der Waals surface area contributed by atoms with Crippen LogP contribution in [0.1, 0.15) is 17.2 Å². The fourth-order valence-corrected chi connectivity index (χ4v) is 2.44. The minimum atomic E-state index is -1.24. The number of hydrogen-bond acceptors (Lipinski definition) is 5. The number of aliphatic hydroxyl groups is 2. The lowest BCUT2D eigenvalue weighted by molar-refractivity contribution is -0.384. The molecule has 0 radical (unpaired) electrons. The molecule has 0 aliphatic rings. The molecule has 2 amide bonds. The Hall–Kier alpha value is -2.68. The third-order valence-electron chi connectivity index (χ3n) is 3.77. The summed E-state index contributed by atoms with van der Waals surface area (Å²) in [5.74, 6) is 0. The number of aryl methyl sites for hydroxylation is 1. The molecule has 2 unspecified atom stereocenters. The zero-order valence-electron chi connectivity index (χ0n) is 13.8. The second-order valence-corrected chi connectivity index (χ2v) is 6.05. The molecule has 0 spiro atoms. The molecule has 4 N–H and O–H groups in total. The van der Waals surface area contributed by atoms with E-state index in [2.05, 4.69) is 10.6 Å². The van der Waals surface area contributed by atoms with Crippen LogP contribution in [0, 0.1) is 17.0 Å². The van der Waals surface area contributed by atoms with E-state index in [1.54, 1.807) is 18.2 Å². The summed E-state index contributed by atoms with van der Waals surface area (Å²) in [7, 11) is 0. The van der Waals surface area contributed by atoms with Gasteiger partial charge in [0.2, 0.25) is 0 Å². The topological polar surface area (TPSA) is 125 Å². The SMILES string of the molecule is Cc1ccc(NC(=O)NC(CO)C(O)c2ccc([N+](=O)[O-])cc2)cc1Cl. The van der Waals surface area contributed by atoms with Crippen molar-refractivity contribution in [2.45, 2.75) is 19.1 Å². The number of nitrogens with zero attached hydrogens (tertiary/aromatic N) is 1. The number of amides is 2. The second kappa shape index (κ2) is 8.61. The van der Waals surface area contributed by atoms with Gasteiger partial charge in [-0.3, -0.25) is 10.1 Å². The van der Waals surface area contributed by atoms with E-state index in [1.165, 1.54) is 24.3 Å². The summed E-state index contributed by atoms with van der Waals surface area (Å²) in [4.78, 5) is 22.2. The van der Waals surface area contributed by atoms with Crippen molar-refractivity contribution in [1.29, 1.82) is 0 Å². The maximum Gasteiger partial charge on any atom is 0.319 e. The molecule has 9 heteroatoms. The third-order valence-corrected chi connectivity index (χ3v) is 4.18. The van der Waals surface area contributed by atoms with Crippen molar-refractivity contribution in [3.05, 3.63) is 68.7 Å². The Labute approximate surface area is 154 Å². The number of halogens is 1. The molecule has 2 atom stereocenters. The van der Waals surface area contributed by atoms with Crippen LogP contribution < -0.4 is 10.6 Å². The molecule has 0 bridgehead atoms. The molecule has 0 heterocycles. The predicted molar refractivity (Wildman–Crippen MR) is 97.3 cm³/mol. The van der Waals surface area contributed by atoms with Gasteiger partial charge in [-0.1, -0.05) is 17.7 Å². The molecule has 0 saturated heterocycles. The van der Waals surface area contributed by atoms with Gasteiger partial charge in [-0.2, -0.15) is 0 Å². The molecular weight excluding hydrogens is 362 g/mol. The monoisotopic (exact) mass is 379 g/mol. The van der Waals surface area contributed by atoms with E-state index in [0.29, 0.717) is 16.3 Å². The van der Waals surface area contributed by atoms with Crippen LogP contribution in [0.2, 0.25) is 5.02 Å². The van der Waals surface area contributed by atoms with Crippen LogP contribution in [0.15, 0.2) is 42.5 Å². The molecule has 0 aliphatic carbocycles. The van der Waals surface area contributed by atoms with Gasteiger partial charge >= 0.3 is 6.03 Å². The lowest BCUT2D eigenvalue weighted by atomic mass is 10.0. The summed E-state index contributed by atoms with van der Waals surface area (Å²) >= 11 is 6.00. The van der Waals surface area contributed by atoms with E-state index in [0.717, 1.165) is 5.56 Å². The van der Waals surface area contributed by atoms with Gasteiger partial charge in [0.05, 0.1) is 17.6 Å². The molecule has 0 aromatic heterocycles. The summed E-state index contributed by atoms with van der Waals surface area (Å²) in [6.45, 7) is 1.30. The van der Waals surface area contributed by atoms with E-state index in [1.807, 2.05) is 6.92 Å². The molecule has 26 heavy (non-hydrogen) atoms. The zero-order chi connectivity index (χ0) is 19.3. The number of rotatable bonds is 6. The lowest BCUT2D eigenvalue weighted by Gasteiger charge is -2.22. The van der Waals surface area contributed by atoms with Crippen LogP contribution >= 0.6 is 11.6 Å². The number of anilines is 1. The molecule has 8 nitrogen and oxygen atoms in total. The van der Waals surface area contributed by atoms with Crippen molar-refractivity contribution in [2.24, 2.45) is 0 Å². The van der Waals surface area contributed by atoms with Gasteiger partial charge in [0.25, 0.3) is 5.69 Å². The number of urea groups is 1. The first kappa shape index (κ1) is 19.6. The van der Waals surface area contributed by atoms with Crippen molar-refractivity contribution >= 4 is 29.0 Å². The highest BCUT2D eigenvalue weighted by Gasteiger charge is 2.23. The fourth-order valence-electron chi connectivity index (χ4n) is 2.26. The molecule has 0 fully saturated rings. The summed E-state index contributed by atoms with van der Waals surface area (Å²) < 4.78 is 0. The minimum absolute atomic E-state index is 0.122. The van der Waals surface area contributed by atoms with E-state index < -0.39 is 29.7 Å². The number of carbonyl (C=O) groups is 1. The van der Waals surface area contributed by atoms with Gasteiger partial charge in [0.1, 0.15) is 6.10 Å². The maximum atomic E-state index is 12.1. The molecule has 0 aliphatic heterocycles. The van der Waals surface area contributed by atoms with Crippen molar-refractivity contribution in [3.8, 4) is 0 Å². The Balaban J connectivity index is 2.03. The highest BCUT2D eigenvalue weighted by molar-refractivity contribution is 6.31. The highest BCUT2D eigenvalue weighted by Crippen LogP contribution is 2.22. The molecule has 2 aromatic rings. The fraction of sp³-hybridized carbons (Fsp3) is 0.235. The molecule has 138 valence electrons. The van der Waals surface area contributed by atoms with Crippen molar-refractivity contribution in [3.63, 3.8) is 0 Å². The Morgan fingerprint density at radius 1 is 1.27 bits per heavy atom. The minimum Gasteiger partial charge on any atom is -0.394 e. The molecular formula is C17H18ClN3O5. The van der Waals surface area contributed by atoms with Crippen LogP contribution in [0.3, 0.4) is 0 Å². The predicted octanol–water partition coefficient (Wildman–Crippen LogP) is 2.77. The number of carbonyl (C=O) groups excluding carboxylic acids is 1. The van der Waals surface area contributed by atoms with Gasteiger partial charge in [0, 0.05) is 22.8 Å². The molecule has 0 saturated carbocycles. The van der Waals surface area contributed by atoms with Crippen LogP contribution in [0.4, 0.5) is 16.2 Å². The summed E-state index contributed by atoms with van der Waals surface area (Å²) in [5.41, 5.74) is 1.52. The van der Waals surface area contributed by atoms with Crippen LogP contribution in [-0.4, -0.2) is 33.8 Å². The third kappa shape index (κ3) is 4.92. The lowest BCUT2D eigenvalue weighted by Crippen LogP contribution is -2.44. The van der Waals surface area contributed by atoms with Crippen LogP contribution in [0.5, 0.6) is 0 Å². The first-order chi connectivity index (χ1) is 12.3. The Kier molecular flexibility index (Phi) is 6.51. The zero-order valence-corrected chi connectivity index (χ0v) is 14.6. The smallest absolute Gasteiger partial charge is 0.319 e. The van der Waals surface area contributed by atoms with Gasteiger partial charge in [-0.25, -0.2) is 4.79 Å². The number of non-ortho nitro benzene ring substituents is 1. The van der Waals surface area contributed by atoms with Gasteiger partial charge in [0.15, 0.2) is 0 Å². The number of hydrogen-bond donors (Lipinski definition) is 4. The van der Waals surface area contributed by atoms with Gasteiger partial charge < -0.3 is 20.8 Å². The first-order valence-electron chi connectivity index (χ1n) is 7.68. The summed E-state index contributed by atoms with van der Waals surface area (Å²) in [5, 5.41) is 36.0. The number of nitro benzene ring substituents is 1. The standard InChI is InChI=1S/C17H18ClN3O5/c1-10-2-5-12(8-14(10)18)19-17(24)20-15(9-22)16(23)11-3-6-13(7-4-11)21(25)26/h2-8,15-16,22-23H,9H2,1H3,(H2,19,20,24). The average molecular weight is 380 g/mol. The molecule has 2 rings (SSSR count). The van der Waals surface area contributed by atoms with Crippen molar-refractivity contribution in [2.75, 3.05) is 11.9 Å². The number of aliphatic hydroxyl groups excluding tert-OH is 2. The highest BCUT2D eigenvalue weighted by atomic mass is 35.5. The van der Waals surface area contributed by atoms with Gasteiger partial charge in [-0.05, 0) is 42.3 Å². The Morgan fingerprint density at radius 3 is 2.46 bits per heavy atom. The number of benzene rings is 2. The quantitative estimate of drug-likeness (QED) is 0.453. The first-order valence-corrected chi connectivity index (χ1v) is 8.06. The average Bonchev–Trinajstić information content (AvgIpc) is 2.62. The van der Waals surface area contributed by atoms with E-state index in [4.69, 9.17) is 11.6 Å². The van der Waals surface area contributed by atoms with E-state index in [-0.39, 0.29) is 5.69 Å². The van der Waals surface area contributed by atoms with Crippen LogP contribution in [-0.2, 0) is 0 Å². The maximum absolute atomic E-state index is 12.1. The summed E-state index contributed by atoms with van der Waals surface area (Å²) in [6, 6.07) is 8.56.